The van der Waals surface area contributed by atoms with Crippen molar-refractivity contribution in [2.45, 2.75) is 38.0 Å². The predicted octanol–water partition coefficient (Wildman–Crippen LogP) is 4.59. The second-order valence-electron chi connectivity index (χ2n) is 5.43. The van der Waals surface area contributed by atoms with Crippen molar-refractivity contribution in [3.63, 3.8) is 0 Å². The third-order valence-corrected chi connectivity index (χ3v) is 4.19. The first-order valence-electron chi connectivity index (χ1n) is 7.01. The monoisotopic (exact) mass is 254 g/mol. The van der Waals surface area contributed by atoms with E-state index in [-0.39, 0.29) is 0 Å². The second kappa shape index (κ2) is 5.04. The molecule has 0 radical (unpaired) electrons. The standard InChI is InChI=1S/C17H18O2/c18-17(19)16-11-14-9-5-4-8-13(14)10-15(16)12-6-2-1-3-7-12/h4-5,8-12H,1-3,6-7H2,(H,18,19). The quantitative estimate of drug-likeness (QED) is 0.851. The van der Waals surface area contributed by atoms with Crippen LogP contribution < -0.4 is 0 Å². The summed E-state index contributed by atoms with van der Waals surface area (Å²) in [6.07, 6.45) is 5.97. The third kappa shape index (κ3) is 2.35. The first-order chi connectivity index (χ1) is 9.25. The molecule has 2 heteroatoms. The number of hydrogen-bond donors (Lipinski definition) is 1. The van der Waals surface area contributed by atoms with Crippen LogP contribution in [0.1, 0.15) is 53.9 Å². The molecule has 0 saturated heterocycles. The summed E-state index contributed by atoms with van der Waals surface area (Å²) in [6, 6.07) is 11.9. The first-order valence-corrected chi connectivity index (χ1v) is 7.01. The summed E-state index contributed by atoms with van der Waals surface area (Å²) in [7, 11) is 0. The highest BCUT2D eigenvalue weighted by atomic mass is 16.4. The minimum Gasteiger partial charge on any atom is -0.478 e. The predicted molar refractivity (Wildman–Crippen MR) is 76.7 cm³/mol. The van der Waals surface area contributed by atoms with E-state index in [0.717, 1.165) is 29.2 Å². The third-order valence-electron chi connectivity index (χ3n) is 4.19. The van der Waals surface area contributed by atoms with Crippen molar-refractivity contribution >= 4 is 16.7 Å². The average molecular weight is 254 g/mol. The van der Waals surface area contributed by atoms with Crippen molar-refractivity contribution in [3.8, 4) is 0 Å². The smallest absolute Gasteiger partial charge is 0.335 e. The number of rotatable bonds is 2. The van der Waals surface area contributed by atoms with Crippen LogP contribution in [0.2, 0.25) is 0 Å². The van der Waals surface area contributed by atoms with Crippen LogP contribution in [0.5, 0.6) is 0 Å². The van der Waals surface area contributed by atoms with Crippen molar-refractivity contribution in [1.82, 2.24) is 0 Å². The van der Waals surface area contributed by atoms with Crippen molar-refractivity contribution < 1.29 is 9.90 Å². The molecule has 0 bridgehead atoms. The number of benzene rings is 2. The maximum absolute atomic E-state index is 11.5. The van der Waals surface area contributed by atoms with Crippen LogP contribution in [0, 0.1) is 0 Å². The van der Waals surface area contributed by atoms with E-state index in [1.807, 2.05) is 24.3 Å². The number of carbonyl (C=O) groups is 1. The van der Waals surface area contributed by atoms with E-state index in [4.69, 9.17) is 0 Å². The van der Waals surface area contributed by atoms with Gasteiger partial charge in [-0.3, -0.25) is 0 Å². The van der Waals surface area contributed by atoms with E-state index >= 15 is 0 Å². The molecule has 0 aromatic heterocycles. The molecule has 2 nitrogen and oxygen atoms in total. The van der Waals surface area contributed by atoms with Crippen LogP contribution in [-0.2, 0) is 0 Å². The van der Waals surface area contributed by atoms with Crippen LogP contribution >= 0.6 is 0 Å². The molecule has 2 aromatic rings. The van der Waals surface area contributed by atoms with E-state index in [2.05, 4.69) is 12.1 Å². The minimum absolute atomic E-state index is 0.421. The minimum atomic E-state index is -0.800. The van der Waals surface area contributed by atoms with Gasteiger partial charge in [0.25, 0.3) is 0 Å². The highest BCUT2D eigenvalue weighted by molar-refractivity contribution is 5.96. The first kappa shape index (κ1) is 12.2. The van der Waals surface area contributed by atoms with E-state index in [9.17, 15) is 9.90 Å². The van der Waals surface area contributed by atoms with Gasteiger partial charge in [0.1, 0.15) is 0 Å². The van der Waals surface area contributed by atoms with E-state index < -0.39 is 5.97 Å². The molecule has 0 aliphatic heterocycles. The number of carboxylic acids is 1. The Morgan fingerprint density at radius 2 is 1.63 bits per heavy atom. The Bertz CT molecular complexity index is 610. The van der Waals surface area contributed by atoms with Gasteiger partial charge in [0.2, 0.25) is 0 Å². The summed E-state index contributed by atoms with van der Waals surface area (Å²) in [5.74, 6) is -0.379. The van der Waals surface area contributed by atoms with Crippen LogP contribution in [0.3, 0.4) is 0 Å². The van der Waals surface area contributed by atoms with Crippen molar-refractivity contribution in [1.29, 1.82) is 0 Å². The van der Waals surface area contributed by atoms with Gasteiger partial charge in [0.15, 0.2) is 0 Å². The number of aromatic carboxylic acids is 1. The molecule has 2 aromatic carbocycles. The summed E-state index contributed by atoms with van der Waals surface area (Å²) in [6.45, 7) is 0. The van der Waals surface area contributed by atoms with Crippen LogP contribution in [0.4, 0.5) is 0 Å². The van der Waals surface area contributed by atoms with Gasteiger partial charge in [-0.1, -0.05) is 49.6 Å². The Labute approximate surface area is 113 Å². The second-order valence-corrected chi connectivity index (χ2v) is 5.43. The molecule has 0 atom stereocenters. The molecular formula is C17H18O2. The molecule has 1 fully saturated rings. The van der Waals surface area contributed by atoms with Gasteiger partial charge in [0, 0.05) is 0 Å². The molecule has 1 aliphatic rings. The van der Waals surface area contributed by atoms with E-state index in [1.54, 1.807) is 0 Å². The molecule has 0 amide bonds. The Morgan fingerprint density at radius 3 is 2.26 bits per heavy atom. The van der Waals surface area contributed by atoms with Crippen LogP contribution in [0.25, 0.3) is 10.8 Å². The van der Waals surface area contributed by atoms with E-state index in [0.29, 0.717) is 11.5 Å². The molecule has 19 heavy (non-hydrogen) atoms. The van der Waals surface area contributed by atoms with Gasteiger partial charge in [-0.05, 0) is 41.2 Å². The summed E-state index contributed by atoms with van der Waals surface area (Å²) in [5.41, 5.74) is 1.52. The Hall–Kier alpha value is -1.83. The zero-order chi connectivity index (χ0) is 13.2. The lowest BCUT2D eigenvalue weighted by Gasteiger charge is -2.23. The summed E-state index contributed by atoms with van der Waals surface area (Å²) >= 11 is 0. The Kier molecular flexibility index (Phi) is 3.24. The Morgan fingerprint density at radius 1 is 1.00 bits per heavy atom. The summed E-state index contributed by atoms with van der Waals surface area (Å²) in [4.78, 5) is 11.5. The van der Waals surface area contributed by atoms with Crippen molar-refractivity contribution in [2.24, 2.45) is 0 Å². The molecule has 1 aliphatic carbocycles. The zero-order valence-electron chi connectivity index (χ0n) is 10.9. The normalized spacial score (nSPS) is 16.6. The van der Waals surface area contributed by atoms with Crippen LogP contribution in [-0.4, -0.2) is 11.1 Å². The lowest BCUT2D eigenvalue weighted by Crippen LogP contribution is -2.10. The highest BCUT2D eigenvalue weighted by Crippen LogP contribution is 2.36. The molecule has 98 valence electrons. The summed E-state index contributed by atoms with van der Waals surface area (Å²) < 4.78 is 0. The van der Waals surface area contributed by atoms with Gasteiger partial charge < -0.3 is 5.11 Å². The molecule has 1 N–H and O–H groups in total. The van der Waals surface area contributed by atoms with Gasteiger partial charge in [-0.2, -0.15) is 0 Å². The number of hydrogen-bond acceptors (Lipinski definition) is 1. The van der Waals surface area contributed by atoms with Gasteiger partial charge in [-0.15, -0.1) is 0 Å². The summed E-state index contributed by atoms with van der Waals surface area (Å²) in [5, 5.41) is 11.6. The zero-order valence-corrected chi connectivity index (χ0v) is 10.9. The van der Waals surface area contributed by atoms with E-state index in [1.165, 1.54) is 19.3 Å². The molecular weight excluding hydrogens is 236 g/mol. The molecule has 0 heterocycles. The van der Waals surface area contributed by atoms with Gasteiger partial charge in [-0.25, -0.2) is 4.79 Å². The molecule has 1 saturated carbocycles. The fourth-order valence-corrected chi connectivity index (χ4v) is 3.19. The fourth-order valence-electron chi connectivity index (χ4n) is 3.19. The lowest BCUT2D eigenvalue weighted by atomic mass is 9.81. The SMILES string of the molecule is O=C(O)c1cc2ccccc2cc1C1CCCCC1. The van der Waals surface area contributed by atoms with Crippen LogP contribution in [0.15, 0.2) is 36.4 Å². The lowest BCUT2D eigenvalue weighted by molar-refractivity contribution is 0.0695. The molecule has 0 spiro atoms. The van der Waals surface area contributed by atoms with Crippen molar-refractivity contribution in [3.05, 3.63) is 47.5 Å². The molecule has 3 rings (SSSR count). The fraction of sp³-hybridized carbons (Fsp3) is 0.353. The van der Waals surface area contributed by atoms with Crippen molar-refractivity contribution in [2.75, 3.05) is 0 Å². The number of carboxylic acid groups (broad SMARTS) is 1. The number of fused-ring (bicyclic) bond motifs is 1. The molecule has 0 unspecified atom stereocenters. The van der Waals surface area contributed by atoms with Gasteiger partial charge >= 0.3 is 5.97 Å². The average Bonchev–Trinajstić information content (AvgIpc) is 2.46. The highest BCUT2D eigenvalue weighted by Gasteiger charge is 2.21. The largest absolute Gasteiger partial charge is 0.478 e. The maximum Gasteiger partial charge on any atom is 0.335 e. The Balaban J connectivity index is 2.14. The maximum atomic E-state index is 11.5. The van der Waals surface area contributed by atoms with Gasteiger partial charge in [0.05, 0.1) is 5.56 Å². The topological polar surface area (TPSA) is 37.3 Å².